The van der Waals surface area contributed by atoms with Crippen LogP contribution in [-0.2, 0) is 0 Å². The van der Waals surface area contributed by atoms with Gasteiger partial charge in [-0.05, 0) is 70.1 Å². The number of hydrogen-bond acceptors (Lipinski definition) is 4. The van der Waals surface area contributed by atoms with Gasteiger partial charge in [-0.1, -0.05) is 72.0 Å². The van der Waals surface area contributed by atoms with Crippen LogP contribution in [0.15, 0.2) is 102 Å². The van der Waals surface area contributed by atoms with Crippen LogP contribution in [0.25, 0.3) is 27.3 Å². The number of Topliss-reactive ketones (excluding diaryl/α,β-unsaturated/α-hetero) is 3. The molecule has 2 atom stereocenters. The Balaban J connectivity index is 1.19. The minimum Gasteiger partial charge on any atom is -0.872 e. The van der Waals surface area contributed by atoms with Gasteiger partial charge in [0, 0.05) is 22.3 Å². The van der Waals surface area contributed by atoms with Crippen molar-refractivity contribution < 1.29 is 19.5 Å². The highest BCUT2D eigenvalue weighted by Crippen LogP contribution is 2.41. The molecule has 0 spiro atoms. The molecule has 0 saturated heterocycles. The summed E-state index contributed by atoms with van der Waals surface area (Å²) < 4.78 is 0. The van der Waals surface area contributed by atoms with Crippen LogP contribution >= 0.6 is 11.6 Å². The number of fused-ring (bicyclic) bond motifs is 4. The maximum Gasteiger partial charge on any atom is 0.197 e. The highest BCUT2D eigenvalue weighted by molar-refractivity contribution is 6.40. The molecule has 4 nitrogen and oxygen atoms in total. The van der Waals surface area contributed by atoms with Crippen molar-refractivity contribution in [3.8, 4) is 0 Å². The summed E-state index contributed by atoms with van der Waals surface area (Å²) in [7, 11) is 0. The first-order valence-corrected chi connectivity index (χ1v) is 13.0. The number of ketones is 3. The number of rotatable bonds is 2. The van der Waals surface area contributed by atoms with E-state index in [0.717, 1.165) is 27.1 Å². The van der Waals surface area contributed by atoms with Gasteiger partial charge in [-0.3, -0.25) is 14.4 Å². The molecule has 0 amide bonds. The quantitative estimate of drug-likeness (QED) is 0.181. The maximum absolute atomic E-state index is 13.2. The molecule has 7 rings (SSSR count). The summed E-state index contributed by atoms with van der Waals surface area (Å²) in [6.45, 7) is 0. The molecule has 3 aliphatic rings. The van der Waals surface area contributed by atoms with E-state index in [2.05, 4.69) is 0 Å². The van der Waals surface area contributed by atoms with Crippen molar-refractivity contribution >= 4 is 56.3 Å². The number of alkyl halides is 1. The van der Waals surface area contributed by atoms with Gasteiger partial charge in [-0.15, -0.1) is 11.6 Å². The maximum atomic E-state index is 13.2. The third-order valence-electron chi connectivity index (χ3n) is 7.94. The van der Waals surface area contributed by atoms with E-state index in [1.165, 1.54) is 0 Å². The number of halogens is 1. The summed E-state index contributed by atoms with van der Waals surface area (Å²) >= 11 is 6.81. The molecule has 0 aliphatic heterocycles. The number of allylic oxidation sites excluding steroid dienone is 5. The lowest BCUT2D eigenvalue weighted by Crippen LogP contribution is -2.11. The molecule has 4 aromatic carbocycles. The van der Waals surface area contributed by atoms with Crippen molar-refractivity contribution in [2.24, 2.45) is 5.92 Å². The van der Waals surface area contributed by atoms with E-state index >= 15 is 0 Å². The van der Waals surface area contributed by atoms with E-state index in [1.807, 2.05) is 48.5 Å². The molecule has 0 heterocycles. The first-order chi connectivity index (χ1) is 18.4. The van der Waals surface area contributed by atoms with E-state index in [4.69, 9.17) is 11.6 Å². The first-order valence-electron chi connectivity index (χ1n) is 12.6. The molecule has 5 heteroatoms. The van der Waals surface area contributed by atoms with Crippen LogP contribution in [0.2, 0.25) is 0 Å². The Bertz CT molecular complexity index is 1800. The highest BCUT2D eigenvalue weighted by Gasteiger charge is 2.37. The SMILES string of the molecule is O=C1C(=CC2CC/C(=C\C3=C([O-])c4cc5ccccc5cc4C3=O)C2Cl)C(=O)c2cc3ccccc3cc21. The molecule has 1 saturated carbocycles. The fourth-order valence-electron chi connectivity index (χ4n) is 5.91. The fraction of sp³-hybridized carbons (Fsp3) is 0.121. The van der Waals surface area contributed by atoms with Crippen molar-refractivity contribution in [3.63, 3.8) is 0 Å². The van der Waals surface area contributed by atoms with Crippen LogP contribution in [0.1, 0.15) is 49.5 Å². The zero-order chi connectivity index (χ0) is 26.1. The lowest BCUT2D eigenvalue weighted by molar-refractivity contribution is -0.244. The average Bonchev–Trinajstić information content (AvgIpc) is 3.48. The van der Waals surface area contributed by atoms with Crippen molar-refractivity contribution in [1.29, 1.82) is 0 Å². The van der Waals surface area contributed by atoms with Crippen LogP contribution in [-0.4, -0.2) is 22.7 Å². The summed E-state index contributed by atoms with van der Waals surface area (Å²) in [5.74, 6) is -1.41. The third-order valence-corrected chi connectivity index (χ3v) is 8.54. The molecular weight excluding hydrogens is 496 g/mol. The normalized spacial score (nSPS) is 21.8. The Morgan fingerprint density at radius 2 is 1.18 bits per heavy atom. The molecule has 38 heavy (non-hydrogen) atoms. The zero-order valence-electron chi connectivity index (χ0n) is 20.2. The largest absolute Gasteiger partial charge is 0.872 e. The van der Waals surface area contributed by atoms with Gasteiger partial charge >= 0.3 is 0 Å². The van der Waals surface area contributed by atoms with E-state index in [-0.39, 0.29) is 40.2 Å². The Morgan fingerprint density at radius 1 is 0.711 bits per heavy atom. The van der Waals surface area contributed by atoms with Crippen LogP contribution in [0, 0.1) is 5.92 Å². The Hall–Kier alpha value is -4.28. The Kier molecular flexibility index (Phi) is 5.04. The molecule has 3 aliphatic carbocycles. The predicted molar refractivity (Wildman–Crippen MR) is 146 cm³/mol. The number of benzene rings is 4. The smallest absolute Gasteiger partial charge is 0.197 e. The molecule has 4 aromatic rings. The fourth-order valence-corrected chi connectivity index (χ4v) is 6.28. The molecule has 2 unspecified atom stereocenters. The Morgan fingerprint density at radius 3 is 1.71 bits per heavy atom. The second-order valence-corrected chi connectivity index (χ2v) is 10.6. The van der Waals surface area contributed by atoms with Crippen LogP contribution < -0.4 is 5.11 Å². The summed E-state index contributed by atoms with van der Waals surface area (Å²) in [6.07, 6.45) is 4.52. The molecule has 0 N–H and O–H groups in total. The molecule has 0 bridgehead atoms. The van der Waals surface area contributed by atoms with Crippen molar-refractivity contribution in [3.05, 3.63) is 124 Å². The minimum absolute atomic E-state index is 0.122. The highest BCUT2D eigenvalue weighted by atomic mass is 35.5. The van der Waals surface area contributed by atoms with Crippen molar-refractivity contribution in [2.45, 2.75) is 18.2 Å². The van der Waals surface area contributed by atoms with Gasteiger partial charge in [0.1, 0.15) is 0 Å². The lowest BCUT2D eigenvalue weighted by atomic mass is 9.99. The summed E-state index contributed by atoms with van der Waals surface area (Å²) in [5.41, 5.74) is 2.70. The lowest BCUT2D eigenvalue weighted by Gasteiger charge is -2.13. The average molecular weight is 516 g/mol. The van der Waals surface area contributed by atoms with Gasteiger partial charge in [-0.2, -0.15) is 0 Å². The van der Waals surface area contributed by atoms with Gasteiger partial charge in [0.2, 0.25) is 0 Å². The van der Waals surface area contributed by atoms with E-state index < -0.39 is 5.38 Å². The summed E-state index contributed by atoms with van der Waals surface area (Å²) in [6, 6.07) is 22.4. The number of hydrogen-bond donors (Lipinski definition) is 0. The van der Waals surface area contributed by atoms with Crippen LogP contribution in [0.5, 0.6) is 0 Å². The van der Waals surface area contributed by atoms with Crippen LogP contribution in [0.4, 0.5) is 0 Å². The molecule has 1 fully saturated rings. The van der Waals surface area contributed by atoms with E-state index in [9.17, 15) is 19.5 Å². The van der Waals surface area contributed by atoms with E-state index in [0.29, 0.717) is 35.1 Å². The third kappa shape index (κ3) is 3.34. The molecule has 184 valence electrons. The zero-order valence-corrected chi connectivity index (χ0v) is 20.9. The predicted octanol–water partition coefficient (Wildman–Crippen LogP) is 6.21. The summed E-state index contributed by atoms with van der Waals surface area (Å²) in [5, 5.41) is 16.3. The monoisotopic (exact) mass is 515 g/mol. The molecular formula is C33H20ClO4-. The number of carbonyl (C=O) groups excluding carboxylic acids is 3. The van der Waals surface area contributed by atoms with Gasteiger partial charge in [-0.25, -0.2) is 0 Å². The van der Waals surface area contributed by atoms with Gasteiger partial charge in [0.25, 0.3) is 0 Å². The Labute approximate surface area is 223 Å². The van der Waals surface area contributed by atoms with E-state index in [1.54, 1.807) is 36.4 Å². The second-order valence-electron chi connectivity index (χ2n) is 10.1. The van der Waals surface area contributed by atoms with Crippen LogP contribution in [0.3, 0.4) is 0 Å². The van der Waals surface area contributed by atoms with Crippen molar-refractivity contribution in [2.75, 3.05) is 0 Å². The second kappa shape index (κ2) is 8.37. The minimum atomic E-state index is -0.526. The molecule has 0 radical (unpaired) electrons. The first kappa shape index (κ1) is 22.9. The van der Waals surface area contributed by atoms with Gasteiger partial charge in [0.05, 0.1) is 11.0 Å². The van der Waals surface area contributed by atoms with Crippen molar-refractivity contribution in [1.82, 2.24) is 0 Å². The molecule has 0 aromatic heterocycles. The number of carbonyl (C=O) groups is 3. The van der Waals surface area contributed by atoms with Gasteiger partial charge < -0.3 is 5.11 Å². The van der Waals surface area contributed by atoms with Gasteiger partial charge in [0.15, 0.2) is 17.3 Å². The standard InChI is InChI=1S/C33H21ClO4/c34-29-21(15-27-30(35)23-11-17-5-1-2-6-18(17)12-24(23)31(27)36)9-10-22(29)16-28-32(37)25-13-19-7-3-4-8-20(19)14-26(25)33(28)38/h1-8,11-16,21,29,37H,9-10H2/p-1/b22-16+. The summed E-state index contributed by atoms with van der Waals surface area (Å²) in [4.78, 5) is 39.5. The topological polar surface area (TPSA) is 74.3 Å².